The van der Waals surface area contributed by atoms with E-state index in [1.54, 1.807) is 0 Å². The van der Waals surface area contributed by atoms with Crippen LogP contribution in [-0.4, -0.2) is 21.1 Å². The topological polar surface area (TPSA) is 20.5 Å². The van der Waals surface area contributed by atoms with Gasteiger partial charge >= 0.3 is 0 Å². The fourth-order valence-corrected chi connectivity index (χ4v) is 3.03. The standard InChI is InChI=1S/C21H19N3/c1-3-9-18(10-4-1)20-11-5-2-7-14-23(20)16-13-19-17-22-24-15-8-6-12-21(19)24/h1-12,14-15,17H,13,16H2. The molecule has 3 heteroatoms. The Labute approximate surface area is 141 Å². The number of fused-ring (bicyclic) bond motifs is 1. The Bertz CT molecular complexity index is 916. The van der Waals surface area contributed by atoms with Gasteiger partial charge in [0.15, 0.2) is 0 Å². The van der Waals surface area contributed by atoms with Crippen LogP contribution in [0.3, 0.4) is 0 Å². The van der Waals surface area contributed by atoms with Gasteiger partial charge in [-0.3, -0.25) is 0 Å². The Balaban J connectivity index is 1.58. The molecule has 0 aliphatic carbocycles. The minimum atomic E-state index is 0.912. The van der Waals surface area contributed by atoms with E-state index in [1.165, 1.54) is 22.3 Å². The molecule has 0 N–H and O–H groups in total. The number of aromatic nitrogens is 2. The molecule has 1 aliphatic heterocycles. The summed E-state index contributed by atoms with van der Waals surface area (Å²) in [7, 11) is 0. The Kier molecular flexibility index (Phi) is 3.98. The maximum absolute atomic E-state index is 4.43. The molecule has 0 fully saturated rings. The van der Waals surface area contributed by atoms with Gasteiger partial charge in [0.2, 0.25) is 0 Å². The summed E-state index contributed by atoms with van der Waals surface area (Å²) in [6.45, 7) is 0.912. The van der Waals surface area contributed by atoms with Crippen molar-refractivity contribution in [3.8, 4) is 0 Å². The van der Waals surface area contributed by atoms with Gasteiger partial charge < -0.3 is 4.90 Å². The van der Waals surface area contributed by atoms with Gasteiger partial charge in [0.1, 0.15) is 0 Å². The molecule has 0 atom stereocenters. The molecule has 0 amide bonds. The fourth-order valence-electron chi connectivity index (χ4n) is 3.03. The largest absolute Gasteiger partial charge is 0.347 e. The average molecular weight is 313 g/mol. The predicted octanol–water partition coefficient (Wildman–Crippen LogP) is 4.30. The number of allylic oxidation sites excluding steroid dienone is 4. The van der Waals surface area contributed by atoms with Crippen LogP contribution in [0.1, 0.15) is 11.1 Å². The first-order valence-corrected chi connectivity index (χ1v) is 8.20. The van der Waals surface area contributed by atoms with Gasteiger partial charge in [-0.25, -0.2) is 4.52 Å². The Hall–Kier alpha value is -3.07. The van der Waals surface area contributed by atoms with E-state index >= 15 is 0 Å². The highest BCUT2D eigenvalue weighted by Crippen LogP contribution is 2.22. The number of benzene rings is 1. The molecular weight excluding hydrogens is 294 g/mol. The molecule has 4 rings (SSSR count). The van der Waals surface area contributed by atoms with Crippen LogP contribution in [0.4, 0.5) is 0 Å². The van der Waals surface area contributed by atoms with Gasteiger partial charge in [-0.1, -0.05) is 48.6 Å². The van der Waals surface area contributed by atoms with Crippen LogP contribution in [0, 0.1) is 0 Å². The molecule has 0 unspecified atom stereocenters. The lowest BCUT2D eigenvalue weighted by atomic mass is 10.1. The van der Waals surface area contributed by atoms with Crippen LogP contribution >= 0.6 is 0 Å². The van der Waals surface area contributed by atoms with Gasteiger partial charge in [-0.05, 0) is 41.8 Å². The molecule has 3 nitrogen and oxygen atoms in total. The third-order valence-corrected chi connectivity index (χ3v) is 4.25. The molecule has 1 aliphatic rings. The predicted molar refractivity (Wildman–Crippen MR) is 98.3 cm³/mol. The molecule has 2 aromatic heterocycles. The average Bonchev–Trinajstić information content (AvgIpc) is 2.90. The van der Waals surface area contributed by atoms with E-state index < -0.39 is 0 Å². The minimum Gasteiger partial charge on any atom is -0.347 e. The lowest BCUT2D eigenvalue weighted by Gasteiger charge is -2.23. The number of nitrogens with zero attached hydrogens (tertiary/aromatic N) is 3. The van der Waals surface area contributed by atoms with Gasteiger partial charge in [-0.15, -0.1) is 0 Å². The van der Waals surface area contributed by atoms with Crippen LogP contribution in [-0.2, 0) is 6.42 Å². The van der Waals surface area contributed by atoms with Crippen molar-refractivity contribution in [2.75, 3.05) is 6.54 Å². The molecule has 0 saturated heterocycles. The first-order chi connectivity index (χ1) is 11.9. The van der Waals surface area contributed by atoms with Crippen LogP contribution in [0.2, 0.25) is 0 Å². The van der Waals surface area contributed by atoms with Crippen LogP contribution < -0.4 is 0 Å². The maximum Gasteiger partial charge on any atom is 0.0694 e. The summed E-state index contributed by atoms with van der Waals surface area (Å²) < 4.78 is 1.93. The van der Waals surface area contributed by atoms with E-state index in [-0.39, 0.29) is 0 Å². The van der Waals surface area contributed by atoms with E-state index in [0.717, 1.165) is 13.0 Å². The molecule has 1 aromatic carbocycles. The Morgan fingerprint density at radius 1 is 0.875 bits per heavy atom. The highest BCUT2D eigenvalue weighted by atomic mass is 15.2. The summed E-state index contributed by atoms with van der Waals surface area (Å²) in [4.78, 5) is 2.31. The normalized spacial score (nSPS) is 14.0. The number of pyridine rings is 1. The highest BCUT2D eigenvalue weighted by molar-refractivity contribution is 5.67. The zero-order chi connectivity index (χ0) is 16.2. The van der Waals surface area contributed by atoms with Crippen molar-refractivity contribution in [2.24, 2.45) is 0 Å². The molecule has 3 aromatic rings. The summed E-state index contributed by atoms with van der Waals surface area (Å²) in [5, 5.41) is 4.43. The zero-order valence-corrected chi connectivity index (χ0v) is 13.4. The Morgan fingerprint density at radius 2 is 1.75 bits per heavy atom. The first-order valence-electron chi connectivity index (χ1n) is 8.20. The van der Waals surface area contributed by atoms with Gasteiger partial charge in [0.25, 0.3) is 0 Å². The highest BCUT2D eigenvalue weighted by Gasteiger charge is 2.11. The van der Waals surface area contributed by atoms with Crippen molar-refractivity contribution >= 4 is 11.2 Å². The van der Waals surface area contributed by atoms with Crippen molar-refractivity contribution in [1.29, 1.82) is 0 Å². The second-order valence-electron chi connectivity index (χ2n) is 5.79. The minimum absolute atomic E-state index is 0.912. The van der Waals surface area contributed by atoms with Crippen molar-refractivity contribution in [2.45, 2.75) is 6.42 Å². The smallest absolute Gasteiger partial charge is 0.0694 e. The molecule has 24 heavy (non-hydrogen) atoms. The zero-order valence-electron chi connectivity index (χ0n) is 13.4. The number of hydrogen-bond donors (Lipinski definition) is 0. The first kappa shape index (κ1) is 14.5. The second-order valence-corrected chi connectivity index (χ2v) is 5.79. The third-order valence-electron chi connectivity index (χ3n) is 4.25. The van der Waals surface area contributed by atoms with Crippen molar-refractivity contribution < 1.29 is 0 Å². The maximum atomic E-state index is 4.43. The van der Waals surface area contributed by atoms with Gasteiger partial charge in [0, 0.05) is 24.6 Å². The SMILES string of the molecule is C1=CC=C(c2ccccc2)N(CCc2cnn3ccccc23)C=C1. The number of hydrogen-bond acceptors (Lipinski definition) is 2. The van der Waals surface area contributed by atoms with Gasteiger partial charge in [0.05, 0.1) is 11.7 Å². The molecule has 0 spiro atoms. The van der Waals surface area contributed by atoms with E-state index in [1.807, 2.05) is 23.0 Å². The Morgan fingerprint density at radius 3 is 2.67 bits per heavy atom. The summed E-state index contributed by atoms with van der Waals surface area (Å²) in [6, 6.07) is 16.7. The molecule has 118 valence electrons. The monoisotopic (exact) mass is 313 g/mol. The van der Waals surface area contributed by atoms with E-state index in [4.69, 9.17) is 0 Å². The third kappa shape index (κ3) is 2.88. The summed E-state index contributed by atoms with van der Waals surface area (Å²) in [5.41, 5.74) is 4.90. The molecule has 0 bridgehead atoms. The molecule has 0 radical (unpaired) electrons. The molecular formula is C21H19N3. The van der Waals surface area contributed by atoms with E-state index in [2.05, 4.69) is 83.0 Å². The molecule has 0 saturated carbocycles. The van der Waals surface area contributed by atoms with Crippen LogP contribution in [0.15, 0.2) is 91.4 Å². The fraction of sp³-hybridized carbons (Fsp3) is 0.0952. The van der Waals surface area contributed by atoms with E-state index in [0.29, 0.717) is 0 Å². The van der Waals surface area contributed by atoms with Crippen LogP contribution in [0.25, 0.3) is 11.2 Å². The van der Waals surface area contributed by atoms with Crippen molar-refractivity contribution in [3.63, 3.8) is 0 Å². The van der Waals surface area contributed by atoms with E-state index in [9.17, 15) is 0 Å². The lowest BCUT2D eigenvalue weighted by Crippen LogP contribution is -2.18. The summed E-state index contributed by atoms with van der Waals surface area (Å²) in [5.74, 6) is 0. The van der Waals surface area contributed by atoms with Gasteiger partial charge in [-0.2, -0.15) is 5.10 Å². The van der Waals surface area contributed by atoms with Crippen molar-refractivity contribution in [1.82, 2.24) is 14.5 Å². The van der Waals surface area contributed by atoms with Crippen LogP contribution in [0.5, 0.6) is 0 Å². The summed E-state index contributed by atoms with van der Waals surface area (Å²) in [6.07, 6.45) is 15.5. The van der Waals surface area contributed by atoms with Crippen molar-refractivity contribution in [3.05, 3.63) is 103 Å². The lowest BCUT2D eigenvalue weighted by molar-refractivity contribution is 0.534. The summed E-state index contributed by atoms with van der Waals surface area (Å²) >= 11 is 0. The molecule has 3 heterocycles. The number of rotatable bonds is 4. The quantitative estimate of drug-likeness (QED) is 0.716. The second kappa shape index (κ2) is 6.59.